The molecule has 0 radical (unpaired) electrons. The van der Waals surface area contributed by atoms with E-state index >= 15 is 0 Å². The Kier molecular flexibility index (Phi) is 5.44. The molecule has 3 aliphatic rings. The van der Waals surface area contributed by atoms with Gasteiger partial charge in [0.05, 0.1) is 23.1 Å². The molecule has 1 fully saturated rings. The molecule has 0 N–H and O–H groups in total. The summed E-state index contributed by atoms with van der Waals surface area (Å²) in [5.41, 5.74) is 0.990. The lowest BCUT2D eigenvalue weighted by atomic mass is 9.90. The Morgan fingerprint density at radius 3 is 2.78 bits per heavy atom. The standard InChI is InChI=1S/C31H32F2N4O4/c1-30(2,3)41-29(39)36-14-13-31(4,17-36)12-11-18-9-10-20-21(15-18)37-22-16-23(26(37)34-20)35(5)27(38)19-7-6-8-24(25(19)22)40-28(32)33/h6-10,15,22-23,28H,13-14,16-17H2,1-5H3/t22-,23-,31?/m1/s1/i5D3. The fourth-order valence-corrected chi connectivity index (χ4v) is 5.95. The number of hydrogen-bond donors (Lipinski definition) is 0. The molecule has 2 bridgehead atoms. The fourth-order valence-electron chi connectivity index (χ4n) is 5.95. The van der Waals surface area contributed by atoms with Crippen LogP contribution in [0.5, 0.6) is 5.75 Å². The van der Waals surface area contributed by atoms with Crippen molar-refractivity contribution < 1.29 is 32.0 Å². The molecule has 10 heteroatoms. The van der Waals surface area contributed by atoms with Crippen LogP contribution in [0.15, 0.2) is 36.4 Å². The lowest BCUT2D eigenvalue weighted by molar-refractivity contribution is -0.0507. The van der Waals surface area contributed by atoms with Crippen LogP contribution in [-0.4, -0.2) is 63.6 Å². The van der Waals surface area contributed by atoms with Crippen molar-refractivity contribution in [2.24, 2.45) is 5.41 Å². The van der Waals surface area contributed by atoms with E-state index in [1.165, 1.54) is 18.2 Å². The van der Waals surface area contributed by atoms with Gasteiger partial charge < -0.3 is 23.8 Å². The first-order valence-electron chi connectivity index (χ1n) is 15.0. The van der Waals surface area contributed by atoms with Gasteiger partial charge in [0.2, 0.25) is 0 Å². The van der Waals surface area contributed by atoms with Crippen LogP contribution in [0.1, 0.15) is 84.0 Å². The first-order chi connectivity index (χ1) is 20.5. The quantitative estimate of drug-likeness (QED) is 0.370. The zero-order valence-corrected chi connectivity index (χ0v) is 23.2. The number of ether oxygens (including phenoxy) is 2. The SMILES string of the molecule is [2H]C([2H])([2H])N1C(=O)c2cccc(OC(F)F)c2[C@H]2C[C@@H]1c1nc3ccc(C#CC4(C)CCN(C(=O)OC(C)(C)C)C4)cc3n12. The average molecular weight is 566 g/mol. The molecule has 1 unspecified atom stereocenters. The summed E-state index contributed by atoms with van der Waals surface area (Å²) in [5.74, 6) is 5.93. The van der Waals surface area contributed by atoms with Crippen LogP contribution < -0.4 is 4.74 Å². The zero-order valence-electron chi connectivity index (χ0n) is 26.2. The molecule has 0 saturated carbocycles. The molecule has 8 nitrogen and oxygen atoms in total. The number of carbonyl (C=O) groups excluding carboxylic acids is 2. The van der Waals surface area contributed by atoms with Crippen LogP contribution in [0.4, 0.5) is 13.6 Å². The third kappa shape index (κ3) is 4.77. The Morgan fingerprint density at radius 2 is 2.05 bits per heavy atom. The maximum absolute atomic E-state index is 13.6. The smallest absolute Gasteiger partial charge is 0.410 e. The molecule has 41 heavy (non-hydrogen) atoms. The van der Waals surface area contributed by atoms with Crippen LogP contribution in [0.3, 0.4) is 0 Å². The summed E-state index contributed by atoms with van der Waals surface area (Å²) in [5, 5.41) is 0. The molecule has 4 heterocycles. The highest BCUT2D eigenvalue weighted by Gasteiger charge is 2.45. The number of halogens is 2. The van der Waals surface area contributed by atoms with Crippen LogP contribution in [-0.2, 0) is 4.74 Å². The van der Waals surface area contributed by atoms with Crippen molar-refractivity contribution in [1.82, 2.24) is 19.4 Å². The highest BCUT2D eigenvalue weighted by atomic mass is 19.3. The third-order valence-corrected chi connectivity index (χ3v) is 7.78. The van der Waals surface area contributed by atoms with Gasteiger partial charge in [-0.25, -0.2) is 9.78 Å². The number of nitrogens with zero attached hydrogens (tertiary/aromatic N) is 4. The number of alkyl halides is 2. The van der Waals surface area contributed by atoms with Gasteiger partial charge in [0.25, 0.3) is 5.91 Å². The molecule has 6 rings (SSSR count). The largest absolute Gasteiger partial charge is 0.444 e. The van der Waals surface area contributed by atoms with Gasteiger partial charge in [0, 0.05) is 52.7 Å². The van der Waals surface area contributed by atoms with Gasteiger partial charge in [0.15, 0.2) is 0 Å². The number of aromatic nitrogens is 2. The van der Waals surface area contributed by atoms with Gasteiger partial charge in [-0.1, -0.05) is 17.9 Å². The van der Waals surface area contributed by atoms with Gasteiger partial charge in [0.1, 0.15) is 17.2 Å². The molecule has 3 aromatic rings. The molecule has 0 spiro atoms. The van der Waals surface area contributed by atoms with Crippen molar-refractivity contribution >= 4 is 23.0 Å². The Bertz CT molecular complexity index is 1740. The highest BCUT2D eigenvalue weighted by Crippen LogP contribution is 2.50. The normalized spacial score (nSPS) is 24.7. The number of fused-ring (bicyclic) bond motifs is 9. The predicted molar refractivity (Wildman–Crippen MR) is 148 cm³/mol. The molecule has 2 aromatic carbocycles. The van der Waals surface area contributed by atoms with Crippen molar-refractivity contribution in [3.8, 4) is 17.6 Å². The minimum absolute atomic E-state index is 0.000999. The summed E-state index contributed by atoms with van der Waals surface area (Å²) in [4.78, 5) is 33.4. The van der Waals surface area contributed by atoms with Crippen molar-refractivity contribution in [3.05, 3.63) is 58.9 Å². The Morgan fingerprint density at radius 1 is 1.24 bits per heavy atom. The molecular formula is C31H32F2N4O4. The number of hydrogen-bond acceptors (Lipinski definition) is 5. The first kappa shape index (κ1) is 23.6. The van der Waals surface area contributed by atoms with Gasteiger partial charge in [-0.3, -0.25) is 4.79 Å². The Balaban J connectivity index is 1.41. The van der Waals surface area contributed by atoms with E-state index in [1.807, 2.05) is 38.3 Å². The molecule has 214 valence electrons. The van der Waals surface area contributed by atoms with E-state index in [0.29, 0.717) is 41.9 Å². The maximum Gasteiger partial charge on any atom is 0.410 e. The number of amides is 2. The van der Waals surface area contributed by atoms with E-state index in [1.54, 1.807) is 17.0 Å². The second kappa shape index (κ2) is 9.47. The van der Waals surface area contributed by atoms with E-state index in [2.05, 4.69) is 11.8 Å². The molecule has 2 amide bonds. The second-order valence-corrected chi connectivity index (χ2v) is 12.0. The minimum Gasteiger partial charge on any atom is -0.444 e. The molecule has 3 aliphatic heterocycles. The van der Waals surface area contributed by atoms with Crippen molar-refractivity contribution in [2.45, 2.75) is 64.8 Å². The lowest BCUT2D eigenvalue weighted by Gasteiger charge is -2.25. The first-order valence-corrected chi connectivity index (χ1v) is 13.5. The minimum atomic E-state index is -3.14. The summed E-state index contributed by atoms with van der Waals surface area (Å²) in [6.07, 6.45) is 0.435. The molecule has 1 saturated heterocycles. The monoisotopic (exact) mass is 565 g/mol. The van der Waals surface area contributed by atoms with Crippen LogP contribution in [0.25, 0.3) is 11.0 Å². The number of imidazole rings is 1. The van der Waals surface area contributed by atoms with Gasteiger partial charge in [-0.05, 0) is 64.4 Å². The van der Waals surface area contributed by atoms with E-state index < -0.39 is 42.6 Å². The second-order valence-electron chi connectivity index (χ2n) is 12.0. The molecular weight excluding hydrogens is 530 g/mol. The van der Waals surface area contributed by atoms with E-state index in [4.69, 9.17) is 18.6 Å². The summed E-state index contributed by atoms with van der Waals surface area (Å²) in [6, 6.07) is 8.01. The van der Waals surface area contributed by atoms with E-state index in [9.17, 15) is 18.4 Å². The van der Waals surface area contributed by atoms with Crippen molar-refractivity contribution in [1.29, 1.82) is 0 Å². The fraction of sp³-hybridized carbons (Fsp3) is 0.452. The average Bonchev–Trinajstić information content (AvgIpc) is 3.56. The topological polar surface area (TPSA) is 76.9 Å². The lowest BCUT2D eigenvalue weighted by Crippen LogP contribution is -2.36. The predicted octanol–water partition coefficient (Wildman–Crippen LogP) is 5.76. The summed E-state index contributed by atoms with van der Waals surface area (Å²) >= 11 is 0. The van der Waals surface area contributed by atoms with E-state index in [-0.39, 0.29) is 29.4 Å². The Hall–Kier alpha value is -4.13. The van der Waals surface area contributed by atoms with E-state index in [0.717, 1.165) is 4.90 Å². The summed E-state index contributed by atoms with van der Waals surface area (Å²) < 4.78 is 63.6. The molecule has 3 atom stereocenters. The van der Waals surface area contributed by atoms with Gasteiger partial charge in [-0.15, -0.1) is 0 Å². The van der Waals surface area contributed by atoms with Crippen LogP contribution in [0.2, 0.25) is 0 Å². The molecule has 1 aromatic heterocycles. The summed E-state index contributed by atoms with van der Waals surface area (Å²) in [7, 11) is 0. The molecule has 0 aliphatic carbocycles. The van der Waals surface area contributed by atoms with Crippen LogP contribution >= 0.6 is 0 Å². The number of likely N-dealkylation sites (tertiary alicyclic amines) is 1. The number of carbonyl (C=O) groups is 2. The van der Waals surface area contributed by atoms with Crippen molar-refractivity contribution in [2.75, 3.05) is 20.1 Å². The van der Waals surface area contributed by atoms with Crippen LogP contribution in [0, 0.1) is 17.3 Å². The van der Waals surface area contributed by atoms with Crippen molar-refractivity contribution in [3.63, 3.8) is 0 Å². The Labute approximate surface area is 241 Å². The zero-order chi connectivity index (χ0) is 31.8. The number of benzene rings is 2. The number of rotatable bonds is 2. The summed E-state index contributed by atoms with van der Waals surface area (Å²) in [6.45, 7) is 2.47. The third-order valence-electron chi connectivity index (χ3n) is 7.78. The van der Waals surface area contributed by atoms with Gasteiger partial charge >= 0.3 is 12.7 Å². The highest BCUT2D eigenvalue weighted by molar-refractivity contribution is 5.97. The maximum atomic E-state index is 13.6. The van der Waals surface area contributed by atoms with Gasteiger partial charge in [-0.2, -0.15) is 8.78 Å².